The quantitative estimate of drug-likeness (QED) is 0.776. The summed E-state index contributed by atoms with van der Waals surface area (Å²) in [6.07, 6.45) is 2.77. The molecule has 0 amide bonds. The lowest BCUT2D eigenvalue weighted by atomic mass is 10.0. The largest absolute Gasteiger partial charge is 0.314 e. The third kappa shape index (κ3) is 4.08. The molecule has 1 aromatic rings. The van der Waals surface area contributed by atoms with E-state index in [9.17, 15) is 0 Å². The van der Waals surface area contributed by atoms with Crippen LogP contribution in [0.2, 0.25) is 0 Å². The molecule has 1 fully saturated rings. The van der Waals surface area contributed by atoms with E-state index in [1.165, 1.54) is 17.7 Å². The van der Waals surface area contributed by atoms with Crippen molar-refractivity contribution in [2.45, 2.75) is 52.2 Å². The minimum atomic E-state index is 0.642. The van der Waals surface area contributed by atoms with Gasteiger partial charge in [-0.3, -0.25) is 4.90 Å². The van der Waals surface area contributed by atoms with Crippen molar-refractivity contribution in [3.63, 3.8) is 0 Å². The highest BCUT2D eigenvalue weighted by atomic mass is 32.1. The number of nitrogens with zero attached hydrogens (tertiary/aromatic N) is 1. The first-order chi connectivity index (χ1) is 8.70. The molecule has 0 bridgehead atoms. The van der Waals surface area contributed by atoms with Gasteiger partial charge in [-0.25, -0.2) is 0 Å². The van der Waals surface area contributed by atoms with Crippen LogP contribution < -0.4 is 5.32 Å². The van der Waals surface area contributed by atoms with Crippen molar-refractivity contribution >= 4 is 11.3 Å². The standard InChI is InChI=1S/C15H26N2S/c1-4-17(11-15-6-5-9-18-15)13(3)12(2)10-16-14-7-8-14/h5-6,9,12-14,16H,4,7-8,10-11H2,1-3H3. The van der Waals surface area contributed by atoms with Gasteiger partial charge in [0.25, 0.3) is 0 Å². The summed E-state index contributed by atoms with van der Waals surface area (Å²) >= 11 is 1.87. The average molecular weight is 266 g/mol. The second-order valence-corrected chi connectivity index (χ2v) is 6.58. The number of hydrogen-bond acceptors (Lipinski definition) is 3. The Bertz CT molecular complexity index is 332. The Hall–Kier alpha value is -0.380. The molecule has 2 unspecified atom stereocenters. The van der Waals surface area contributed by atoms with Crippen LogP contribution in [-0.4, -0.2) is 30.1 Å². The molecule has 1 saturated carbocycles. The summed E-state index contributed by atoms with van der Waals surface area (Å²) in [4.78, 5) is 4.07. The molecule has 0 aromatic carbocycles. The zero-order valence-electron chi connectivity index (χ0n) is 11.9. The normalized spacial score (nSPS) is 19.1. The summed E-state index contributed by atoms with van der Waals surface area (Å²) in [5.74, 6) is 0.713. The summed E-state index contributed by atoms with van der Waals surface area (Å²) in [5, 5.41) is 5.82. The summed E-state index contributed by atoms with van der Waals surface area (Å²) in [6, 6.07) is 5.86. The van der Waals surface area contributed by atoms with E-state index < -0.39 is 0 Å². The van der Waals surface area contributed by atoms with Crippen LogP contribution in [0.5, 0.6) is 0 Å². The first kappa shape index (κ1) is 14.0. The van der Waals surface area contributed by atoms with Gasteiger partial charge in [0.2, 0.25) is 0 Å². The maximum absolute atomic E-state index is 3.65. The maximum Gasteiger partial charge on any atom is 0.0330 e. The van der Waals surface area contributed by atoms with E-state index in [0.29, 0.717) is 12.0 Å². The van der Waals surface area contributed by atoms with Crippen LogP contribution >= 0.6 is 11.3 Å². The van der Waals surface area contributed by atoms with Crippen LogP contribution in [0.25, 0.3) is 0 Å². The smallest absolute Gasteiger partial charge is 0.0330 e. The summed E-state index contributed by atoms with van der Waals surface area (Å²) < 4.78 is 0. The van der Waals surface area contributed by atoms with Gasteiger partial charge >= 0.3 is 0 Å². The lowest BCUT2D eigenvalue weighted by Gasteiger charge is -2.32. The Morgan fingerprint density at radius 1 is 1.44 bits per heavy atom. The van der Waals surface area contributed by atoms with Crippen LogP contribution in [0.1, 0.15) is 38.5 Å². The van der Waals surface area contributed by atoms with E-state index >= 15 is 0 Å². The molecule has 0 radical (unpaired) electrons. The van der Waals surface area contributed by atoms with Crippen LogP contribution in [0.4, 0.5) is 0 Å². The Balaban J connectivity index is 1.80. The molecule has 1 N–H and O–H groups in total. The third-order valence-corrected chi connectivity index (χ3v) is 4.91. The molecule has 2 rings (SSSR count). The number of thiophene rings is 1. The fourth-order valence-corrected chi connectivity index (χ4v) is 3.05. The predicted octanol–water partition coefficient (Wildman–Crippen LogP) is 3.35. The molecule has 102 valence electrons. The molecule has 0 aliphatic heterocycles. The fraction of sp³-hybridized carbons (Fsp3) is 0.733. The Labute approximate surface area is 115 Å². The SMILES string of the molecule is CCN(Cc1cccs1)C(C)C(C)CNC1CC1. The third-order valence-electron chi connectivity index (χ3n) is 4.05. The van der Waals surface area contributed by atoms with E-state index in [1.54, 1.807) is 0 Å². The molecule has 18 heavy (non-hydrogen) atoms. The van der Waals surface area contributed by atoms with Crippen molar-refractivity contribution in [2.24, 2.45) is 5.92 Å². The highest BCUT2D eigenvalue weighted by molar-refractivity contribution is 7.09. The lowest BCUT2D eigenvalue weighted by molar-refractivity contribution is 0.160. The van der Waals surface area contributed by atoms with Gasteiger partial charge in [-0.2, -0.15) is 0 Å². The molecule has 0 spiro atoms. The molecule has 1 aromatic heterocycles. The van der Waals surface area contributed by atoms with Crippen molar-refractivity contribution in [1.82, 2.24) is 10.2 Å². The molecule has 1 aliphatic carbocycles. The van der Waals surface area contributed by atoms with Gasteiger partial charge in [0, 0.05) is 23.5 Å². The van der Waals surface area contributed by atoms with Crippen LogP contribution in [0.15, 0.2) is 17.5 Å². The van der Waals surface area contributed by atoms with Crippen molar-refractivity contribution in [1.29, 1.82) is 0 Å². The van der Waals surface area contributed by atoms with Gasteiger partial charge in [0.15, 0.2) is 0 Å². The van der Waals surface area contributed by atoms with Crippen molar-refractivity contribution < 1.29 is 0 Å². The monoisotopic (exact) mass is 266 g/mol. The maximum atomic E-state index is 3.65. The van der Waals surface area contributed by atoms with Gasteiger partial charge in [-0.1, -0.05) is 19.9 Å². The van der Waals surface area contributed by atoms with Gasteiger partial charge < -0.3 is 5.32 Å². The molecular formula is C15H26N2S. The second kappa shape index (κ2) is 6.69. The molecule has 3 heteroatoms. The highest BCUT2D eigenvalue weighted by Gasteiger charge is 2.24. The minimum Gasteiger partial charge on any atom is -0.314 e. The highest BCUT2D eigenvalue weighted by Crippen LogP contribution is 2.21. The summed E-state index contributed by atoms with van der Waals surface area (Å²) in [7, 11) is 0. The average Bonchev–Trinajstić information content (AvgIpc) is 3.07. The van der Waals surface area contributed by atoms with Gasteiger partial charge in [-0.15, -0.1) is 11.3 Å². The summed E-state index contributed by atoms with van der Waals surface area (Å²) in [5.41, 5.74) is 0. The lowest BCUT2D eigenvalue weighted by Crippen LogP contribution is -2.41. The predicted molar refractivity (Wildman–Crippen MR) is 80.1 cm³/mol. The summed E-state index contributed by atoms with van der Waals surface area (Å²) in [6.45, 7) is 10.4. The zero-order valence-corrected chi connectivity index (χ0v) is 12.7. The number of nitrogens with one attached hydrogen (secondary N) is 1. The Kier molecular flexibility index (Phi) is 5.22. The number of rotatable bonds is 8. The second-order valence-electron chi connectivity index (χ2n) is 5.54. The van der Waals surface area contributed by atoms with Gasteiger partial charge in [0.05, 0.1) is 0 Å². The topological polar surface area (TPSA) is 15.3 Å². The molecular weight excluding hydrogens is 240 g/mol. The fourth-order valence-electron chi connectivity index (χ4n) is 2.32. The molecule has 2 atom stereocenters. The molecule has 2 nitrogen and oxygen atoms in total. The van der Waals surface area contributed by atoms with E-state index in [0.717, 1.165) is 25.7 Å². The van der Waals surface area contributed by atoms with E-state index in [4.69, 9.17) is 0 Å². The molecule has 1 aliphatic rings. The first-order valence-electron chi connectivity index (χ1n) is 7.20. The van der Waals surface area contributed by atoms with E-state index in [-0.39, 0.29) is 0 Å². The van der Waals surface area contributed by atoms with Crippen LogP contribution in [0.3, 0.4) is 0 Å². The zero-order chi connectivity index (χ0) is 13.0. The molecule has 1 heterocycles. The van der Waals surface area contributed by atoms with E-state index in [2.05, 4.69) is 48.5 Å². The number of hydrogen-bond donors (Lipinski definition) is 1. The van der Waals surface area contributed by atoms with Crippen LogP contribution in [-0.2, 0) is 6.54 Å². The Morgan fingerprint density at radius 2 is 2.22 bits per heavy atom. The molecule has 0 saturated heterocycles. The van der Waals surface area contributed by atoms with Crippen LogP contribution in [0, 0.1) is 5.92 Å². The van der Waals surface area contributed by atoms with Gasteiger partial charge in [0.1, 0.15) is 0 Å². The van der Waals surface area contributed by atoms with Crippen molar-refractivity contribution in [3.05, 3.63) is 22.4 Å². The first-order valence-corrected chi connectivity index (χ1v) is 8.08. The minimum absolute atomic E-state index is 0.642. The van der Waals surface area contributed by atoms with Crippen molar-refractivity contribution in [2.75, 3.05) is 13.1 Å². The van der Waals surface area contributed by atoms with Gasteiger partial charge in [-0.05, 0) is 50.2 Å². The Morgan fingerprint density at radius 3 is 2.78 bits per heavy atom. The van der Waals surface area contributed by atoms with Crippen molar-refractivity contribution in [3.8, 4) is 0 Å². The van der Waals surface area contributed by atoms with E-state index in [1.807, 2.05) is 11.3 Å².